The van der Waals surface area contributed by atoms with Crippen molar-refractivity contribution in [3.05, 3.63) is 53.1 Å². The molecule has 0 radical (unpaired) electrons. The second-order valence-electron chi connectivity index (χ2n) is 9.63. The number of benzene rings is 2. The zero-order chi connectivity index (χ0) is 25.7. The number of amides is 3. The fraction of sp³-hybridized carbons (Fsp3) is 0.407. The zero-order valence-electron chi connectivity index (χ0n) is 21.3. The van der Waals surface area contributed by atoms with E-state index in [9.17, 15) is 14.4 Å². The smallest absolute Gasteiger partial charge is 0.257 e. The number of nitrogens with zero attached hydrogens (tertiary/aromatic N) is 1. The summed E-state index contributed by atoms with van der Waals surface area (Å²) < 4.78 is 0. The number of carbonyl (C=O) groups is 3. The molecule has 186 valence electrons. The molecule has 0 aliphatic carbocycles. The van der Waals surface area contributed by atoms with E-state index in [0.29, 0.717) is 18.5 Å². The average molecular weight is 478 g/mol. The maximum Gasteiger partial charge on any atom is 0.257 e. The van der Waals surface area contributed by atoms with Crippen LogP contribution in [0.5, 0.6) is 0 Å². The van der Waals surface area contributed by atoms with Crippen molar-refractivity contribution in [2.45, 2.75) is 59.8 Å². The Morgan fingerprint density at radius 1 is 0.914 bits per heavy atom. The molecule has 0 saturated carbocycles. The van der Waals surface area contributed by atoms with E-state index in [1.54, 1.807) is 6.07 Å². The third-order valence-electron chi connectivity index (χ3n) is 5.77. The highest BCUT2D eigenvalue weighted by Crippen LogP contribution is 2.36. The first-order chi connectivity index (χ1) is 16.6. The van der Waals surface area contributed by atoms with E-state index in [2.05, 4.69) is 54.0 Å². The van der Waals surface area contributed by atoms with Crippen molar-refractivity contribution in [2.75, 3.05) is 17.2 Å². The molecule has 4 N–H and O–H groups in total. The Morgan fingerprint density at radius 3 is 2.26 bits per heavy atom. The summed E-state index contributed by atoms with van der Waals surface area (Å²) in [6, 6.07) is 11.3. The number of guanidine groups is 1. The van der Waals surface area contributed by atoms with Gasteiger partial charge in [-0.2, -0.15) is 0 Å². The number of nitrogens with one attached hydrogen (secondary N) is 4. The van der Waals surface area contributed by atoms with Crippen LogP contribution >= 0.6 is 0 Å². The van der Waals surface area contributed by atoms with Crippen molar-refractivity contribution in [2.24, 2.45) is 10.9 Å². The number of carbonyl (C=O) groups excluding carboxylic acids is 3. The summed E-state index contributed by atoms with van der Waals surface area (Å²) in [6.07, 6.45) is 0.317. The number of anilines is 3. The van der Waals surface area contributed by atoms with E-state index in [1.807, 2.05) is 44.2 Å². The van der Waals surface area contributed by atoms with Crippen LogP contribution in [0.15, 0.2) is 41.4 Å². The molecule has 2 aromatic rings. The van der Waals surface area contributed by atoms with Gasteiger partial charge in [-0.25, -0.2) is 0 Å². The predicted molar refractivity (Wildman–Crippen MR) is 140 cm³/mol. The molecule has 8 nitrogen and oxygen atoms in total. The van der Waals surface area contributed by atoms with Gasteiger partial charge in [0.15, 0.2) is 0 Å². The van der Waals surface area contributed by atoms with Gasteiger partial charge in [0, 0.05) is 40.5 Å². The molecule has 0 aromatic heterocycles. The Hall–Kier alpha value is -3.68. The summed E-state index contributed by atoms with van der Waals surface area (Å²) >= 11 is 0. The van der Waals surface area contributed by atoms with Gasteiger partial charge in [0.1, 0.15) is 0 Å². The molecule has 35 heavy (non-hydrogen) atoms. The van der Waals surface area contributed by atoms with Crippen LogP contribution in [-0.2, 0) is 9.59 Å². The van der Waals surface area contributed by atoms with E-state index in [4.69, 9.17) is 0 Å². The van der Waals surface area contributed by atoms with Gasteiger partial charge in [-0.3, -0.25) is 30.0 Å². The summed E-state index contributed by atoms with van der Waals surface area (Å²) in [5, 5.41) is 11.8. The van der Waals surface area contributed by atoms with Crippen molar-refractivity contribution in [3.8, 4) is 0 Å². The van der Waals surface area contributed by atoms with Crippen molar-refractivity contribution in [3.63, 3.8) is 0 Å². The van der Waals surface area contributed by atoms with Gasteiger partial charge in [0.05, 0.1) is 6.54 Å². The van der Waals surface area contributed by atoms with Gasteiger partial charge < -0.3 is 10.6 Å². The average Bonchev–Trinajstić information content (AvgIpc) is 2.79. The van der Waals surface area contributed by atoms with Crippen molar-refractivity contribution in [1.29, 1.82) is 0 Å². The van der Waals surface area contributed by atoms with Crippen molar-refractivity contribution in [1.82, 2.24) is 10.6 Å². The van der Waals surface area contributed by atoms with E-state index in [0.717, 1.165) is 28.2 Å². The van der Waals surface area contributed by atoms with Crippen LogP contribution < -0.4 is 21.3 Å². The fourth-order valence-corrected chi connectivity index (χ4v) is 3.88. The monoisotopic (exact) mass is 477 g/mol. The molecule has 0 saturated heterocycles. The topological polar surface area (TPSA) is 112 Å². The highest BCUT2D eigenvalue weighted by molar-refractivity contribution is 6.10. The van der Waals surface area contributed by atoms with E-state index >= 15 is 0 Å². The Labute approximate surface area is 207 Å². The normalized spacial score (nSPS) is 13.5. The van der Waals surface area contributed by atoms with Gasteiger partial charge >= 0.3 is 0 Å². The van der Waals surface area contributed by atoms with E-state index in [1.165, 1.54) is 0 Å². The minimum Gasteiger partial charge on any atom is -0.355 e. The van der Waals surface area contributed by atoms with Crippen LogP contribution in [0.25, 0.3) is 0 Å². The highest BCUT2D eigenvalue weighted by atomic mass is 16.2. The van der Waals surface area contributed by atoms with Gasteiger partial charge in [-0.1, -0.05) is 47.6 Å². The summed E-state index contributed by atoms with van der Waals surface area (Å²) in [7, 11) is 0. The van der Waals surface area contributed by atoms with E-state index < -0.39 is 0 Å². The Bertz CT molecular complexity index is 1150. The number of aliphatic imine (C=N–C) groups is 1. The molecule has 1 aliphatic heterocycles. The third-order valence-corrected chi connectivity index (χ3v) is 5.77. The lowest BCUT2D eigenvalue weighted by molar-refractivity contribution is -0.120. The molecule has 3 amide bonds. The lowest BCUT2D eigenvalue weighted by atomic mass is 9.95. The standard InChI is InChI=1S/C27H35N5O3/c1-15(2)19-14-18(26(35)32-27-28-13-12-23(33)31-27)10-11-20(19)29-21-8-7-9-22(24(21)16(3)4)30-25(34)17(5)6/h7-11,14-17,29H,12-13H2,1-6H3,(H,30,34)(H2,28,31,32,33,35). The highest BCUT2D eigenvalue weighted by Gasteiger charge is 2.19. The van der Waals surface area contributed by atoms with Crippen LogP contribution in [0, 0.1) is 5.92 Å². The Morgan fingerprint density at radius 2 is 1.63 bits per heavy atom. The minimum absolute atomic E-state index is 0.0268. The largest absolute Gasteiger partial charge is 0.355 e. The quantitative estimate of drug-likeness (QED) is 0.455. The second-order valence-corrected chi connectivity index (χ2v) is 9.63. The molecule has 2 aromatic carbocycles. The van der Waals surface area contributed by atoms with Gasteiger partial charge in [0.2, 0.25) is 17.8 Å². The molecule has 1 heterocycles. The first-order valence-corrected chi connectivity index (χ1v) is 12.1. The van der Waals surface area contributed by atoms with Crippen LogP contribution in [0.1, 0.15) is 81.3 Å². The molecule has 0 atom stereocenters. The van der Waals surface area contributed by atoms with Gasteiger partial charge in [0.25, 0.3) is 5.91 Å². The molecular weight excluding hydrogens is 442 g/mol. The first kappa shape index (κ1) is 25.9. The third kappa shape index (κ3) is 6.47. The Kier molecular flexibility index (Phi) is 8.27. The fourth-order valence-electron chi connectivity index (χ4n) is 3.88. The number of rotatable bonds is 7. The van der Waals surface area contributed by atoms with Gasteiger partial charge in [-0.05, 0) is 47.7 Å². The first-order valence-electron chi connectivity index (χ1n) is 12.1. The lowest BCUT2D eigenvalue weighted by Gasteiger charge is -2.22. The predicted octanol–water partition coefficient (Wildman–Crippen LogP) is 4.88. The summed E-state index contributed by atoms with van der Waals surface area (Å²) in [5.41, 5.74) is 5.04. The number of hydrogen-bond acceptors (Lipinski definition) is 5. The number of hydrogen-bond donors (Lipinski definition) is 4. The molecule has 3 rings (SSSR count). The molecule has 0 unspecified atom stereocenters. The van der Waals surface area contributed by atoms with Crippen LogP contribution in [0.4, 0.5) is 17.1 Å². The van der Waals surface area contributed by atoms with Gasteiger partial charge in [-0.15, -0.1) is 0 Å². The van der Waals surface area contributed by atoms with E-state index in [-0.39, 0.29) is 41.4 Å². The molecular formula is C27H35N5O3. The maximum atomic E-state index is 12.8. The zero-order valence-corrected chi connectivity index (χ0v) is 21.3. The molecule has 0 bridgehead atoms. The van der Waals surface area contributed by atoms with Crippen LogP contribution in [0.3, 0.4) is 0 Å². The molecule has 0 spiro atoms. The summed E-state index contributed by atoms with van der Waals surface area (Å²) in [4.78, 5) is 40.9. The lowest BCUT2D eigenvalue weighted by Crippen LogP contribution is -2.46. The van der Waals surface area contributed by atoms with Crippen LogP contribution in [0.2, 0.25) is 0 Å². The second kappa shape index (κ2) is 11.2. The molecule has 1 aliphatic rings. The SMILES string of the molecule is CC(C)C(=O)Nc1cccc(Nc2ccc(C(=O)NC3=NCCC(=O)N3)cc2C(C)C)c1C(C)C. The summed E-state index contributed by atoms with van der Waals surface area (Å²) in [5.74, 6) is -0.150. The van der Waals surface area contributed by atoms with Crippen molar-refractivity contribution >= 4 is 40.7 Å². The molecule has 8 heteroatoms. The molecule has 0 fully saturated rings. The maximum absolute atomic E-state index is 12.8. The van der Waals surface area contributed by atoms with Crippen molar-refractivity contribution < 1.29 is 14.4 Å². The van der Waals surface area contributed by atoms with Crippen LogP contribution in [-0.4, -0.2) is 30.2 Å². The minimum atomic E-state index is -0.333. The Balaban J connectivity index is 1.90. The summed E-state index contributed by atoms with van der Waals surface area (Å²) in [6.45, 7) is 12.4.